The van der Waals surface area contributed by atoms with Crippen molar-refractivity contribution in [1.29, 1.82) is 0 Å². The van der Waals surface area contributed by atoms with Gasteiger partial charge >= 0.3 is 5.97 Å². The third-order valence-electron chi connectivity index (χ3n) is 3.35. The predicted octanol–water partition coefficient (Wildman–Crippen LogP) is 2.71. The van der Waals surface area contributed by atoms with Crippen LogP contribution in [0.4, 0.5) is 0 Å². The van der Waals surface area contributed by atoms with Crippen LogP contribution in [0.3, 0.4) is 0 Å². The molecule has 23 heavy (non-hydrogen) atoms. The molecule has 1 saturated heterocycles. The molecule has 1 fully saturated rings. The van der Waals surface area contributed by atoms with Crippen LogP contribution in [0.5, 0.6) is 5.75 Å². The molecule has 1 aromatic rings. The fourth-order valence-corrected chi connectivity index (χ4v) is 3.62. The van der Waals surface area contributed by atoms with Crippen molar-refractivity contribution in [2.75, 3.05) is 19.7 Å². The van der Waals surface area contributed by atoms with E-state index in [0.717, 1.165) is 0 Å². The van der Waals surface area contributed by atoms with Gasteiger partial charge in [-0.05, 0) is 41.9 Å². The van der Waals surface area contributed by atoms with Gasteiger partial charge in [0.05, 0.1) is 16.7 Å². The van der Waals surface area contributed by atoms with Crippen molar-refractivity contribution >= 4 is 43.7 Å². The number of carbonyl (C=O) groups excluding carboxylic acids is 2. The Morgan fingerprint density at radius 3 is 2.52 bits per heavy atom. The number of hydrogen-bond acceptors (Lipinski definition) is 5. The maximum absolute atomic E-state index is 12.2. The van der Waals surface area contributed by atoms with Crippen LogP contribution < -0.4 is 0 Å². The summed E-state index contributed by atoms with van der Waals surface area (Å²) in [5.74, 6) is -1.26. The van der Waals surface area contributed by atoms with E-state index in [1.165, 1.54) is 6.07 Å². The van der Waals surface area contributed by atoms with Crippen LogP contribution in [-0.2, 0) is 14.3 Å². The van der Waals surface area contributed by atoms with E-state index in [2.05, 4.69) is 31.9 Å². The first-order valence-electron chi connectivity index (χ1n) is 7.06. The number of halogens is 2. The molecule has 8 heteroatoms. The minimum Gasteiger partial charge on any atom is -0.506 e. The second-order valence-corrected chi connectivity index (χ2v) is 7.19. The number of rotatable bonds is 3. The average Bonchev–Trinajstić information content (AvgIpc) is 2.47. The zero-order chi connectivity index (χ0) is 17.1. The Hall–Kier alpha value is -1.12. The molecule has 6 nitrogen and oxygen atoms in total. The number of ether oxygens (including phenoxy) is 2. The number of phenolic OH excluding ortho intramolecular Hbond substituents is 1. The van der Waals surface area contributed by atoms with Gasteiger partial charge in [0.15, 0.2) is 6.61 Å². The molecule has 1 amide bonds. The summed E-state index contributed by atoms with van der Waals surface area (Å²) in [5, 5.41) is 9.90. The highest BCUT2D eigenvalue weighted by molar-refractivity contribution is 9.11. The van der Waals surface area contributed by atoms with E-state index in [-0.39, 0.29) is 36.0 Å². The third kappa shape index (κ3) is 4.68. The zero-order valence-electron chi connectivity index (χ0n) is 12.7. The zero-order valence-corrected chi connectivity index (χ0v) is 15.9. The second kappa shape index (κ2) is 7.63. The van der Waals surface area contributed by atoms with Crippen LogP contribution in [0.15, 0.2) is 21.1 Å². The molecule has 1 aliphatic heterocycles. The first-order valence-corrected chi connectivity index (χ1v) is 8.65. The molecular weight excluding hydrogens is 434 g/mol. The molecule has 1 N–H and O–H groups in total. The maximum Gasteiger partial charge on any atom is 0.342 e. The lowest BCUT2D eigenvalue weighted by Gasteiger charge is -2.35. The number of morpholine rings is 1. The lowest BCUT2D eigenvalue weighted by atomic mass is 10.2. The fourth-order valence-electron chi connectivity index (χ4n) is 2.40. The van der Waals surface area contributed by atoms with Gasteiger partial charge in [-0.25, -0.2) is 4.79 Å². The molecule has 1 aromatic carbocycles. The Bertz CT molecular complexity index is 612. The van der Waals surface area contributed by atoms with Gasteiger partial charge < -0.3 is 19.5 Å². The Balaban J connectivity index is 1.98. The SMILES string of the molecule is CC1CN(C(=O)COC(=O)c2cc(Br)cc(Br)c2O)CC(C)O1. The summed E-state index contributed by atoms with van der Waals surface area (Å²) in [6.45, 7) is 4.34. The number of esters is 1. The van der Waals surface area contributed by atoms with Gasteiger partial charge in [-0.15, -0.1) is 0 Å². The highest BCUT2D eigenvalue weighted by Crippen LogP contribution is 2.32. The van der Waals surface area contributed by atoms with Gasteiger partial charge in [0.1, 0.15) is 11.3 Å². The van der Waals surface area contributed by atoms with Crippen molar-refractivity contribution in [3.63, 3.8) is 0 Å². The van der Waals surface area contributed by atoms with Gasteiger partial charge in [-0.1, -0.05) is 15.9 Å². The molecule has 0 aliphatic carbocycles. The summed E-state index contributed by atoms with van der Waals surface area (Å²) in [6, 6.07) is 3.04. The molecule has 0 bridgehead atoms. The lowest BCUT2D eigenvalue weighted by Crippen LogP contribution is -2.49. The van der Waals surface area contributed by atoms with E-state index in [1.807, 2.05) is 13.8 Å². The van der Waals surface area contributed by atoms with Crippen molar-refractivity contribution < 1.29 is 24.2 Å². The van der Waals surface area contributed by atoms with E-state index < -0.39 is 5.97 Å². The summed E-state index contributed by atoms with van der Waals surface area (Å²) in [4.78, 5) is 25.8. The second-order valence-electron chi connectivity index (χ2n) is 5.42. The summed E-state index contributed by atoms with van der Waals surface area (Å²) in [6.07, 6.45) is -0.105. The summed E-state index contributed by atoms with van der Waals surface area (Å²) >= 11 is 6.38. The van der Waals surface area contributed by atoms with Gasteiger partial charge in [0.2, 0.25) is 0 Å². The van der Waals surface area contributed by atoms with Gasteiger partial charge in [0, 0.05) is 17.6 Å². The van der Waals surface area contributed by atoms with Crippen molar-refractivity contribution in [2.45, 2.75) is 26.1 Å². The Kier molecular flexibility index (Phi) is 6.05. The first kappa shape index (κ1) is 18.2. The molecule has 2 atom stereocenters. The monoisotopic (exact) mass is 449 g/mol. The number of carbonyl (C=O) groups is 2. The first-order chi connectivity index (χ1) is 10.8. The topological polar surface area (TPSA) is 76.1 Å². The van der Waals surface area contributed by atoms with Gasteiger partial charge in [0.25, 0.3) is 5.91 Å². The molecule has 126 valence electrons. The maximum atomic E-state index is 12.2. The number of phenols is 1. The van der Waals surface area contributed by atoms with Crippen molar-refractivity contribution in [3.8, 4) is 5.75 Å². The normalized spacial score (nSPS) is 21.1. The Morgan fingerprint density at radius 1 is 1.30 bits per heavy atom. The lowest BCUT2D eigenvalue weighted by molar-refractivity contribution is -0.146. The molecule has 1 aliphatic rings. The van der Waals surface area contributed by atoms with Crippen molar-refractivity contribution in [3.05, 3.63) is 26.6 Å². The molecule has 0 radical (unpaired) electrons. The largest absolute Gasteiger partial charge is 0.506 e. The van der Waals surface area contributed by atoms with Crippen LogP contribution in [0, 0.1) is 0 Å². The highest BCUT2D eigenvalue weighted by atomic mass is 79.9. The summed E-state index contributed by atoms with van der Waals surface area (Å²) in [5.41, 5.74) is -0.0113. The number of nitrogens with zero attached hydrogens (tertiary/aromatic N) is 1. The number of benzene rings is 1. The van der Waals surface area contributed by atoms with Crippen LogP contribution in [0.1, 0.15) is 24.2 Å². The molecule has 2 unspecified atom stereocenters. The van der Waals surface area contributed by atoms with Crippen molar-refractivity contribution in [2.24, 2.45) is 0 Å². The standard InChI is InChI=1S/C15H17Br2NO5/c1-8-5-18(6-9(2)23-8)13(19)7-22-15(21)11-3-10(16)4-12(17)14(11)20/h3-4,8-9,20H,5-7H2,1-2H3. The van der Waals surface area contributed by atoms with E-state index in [1.54, 1.807) is 11.0 Å². The van der Waals surface area contributed by atoms with Crippen molar-refractivity contribution in [1.82, 2.24) is 4.90 Å². The van der Waals surface area contributed by atoms with Crippen LogP contribution in [0.2, 0.25) is 0 Å². The summed E-state index contributed by atoms with van der Waals surface area (Å²) < 4.78 is 11.6. The third-order valence-corrected chi connectivity index (χ3v) is 4.41. The van der Waals surface area contributed by atoms with E-state index in [0.29, 0.717) is 22.0 Å². The van der Waals surface area contributed by atoms with Gasteiger partial charge in [-0.3, -0.25) is 4.79 Å². The smallest absolute Gasteiger partial charge is 0.342 e. The van der Waals surface area contributed by atoms with E-state index >= 15 is 0 Å². The fraction of sp³-hybridized carbons (Fsp3) is 0.467. The van der Waals surface area contributed by atoms with Crippen LogP contribution in [0.25, 0.3) is 0 Å². The number of aromatic hydroxyl groups is 1. The van der Waals surface area contributed by atoms with Crippen LogP contribution >= 0.6 is 31.9 Å². The van der Waals surface area contributed by atoms with Crippen LogP contribution in [-0.4, -0.2) is 53.8 Å². The quantitative estimate of drug-likeness (QED) is 0.716. The van der Waals surface area contributed by atoms with E-state index in [9.17, 15) is 14.7 Å². The minimum absolute atomic E-state index is 0.0113. The molecule has 1 heterocycles. The molecule has 0 aromatic heterocycles. The highest BCUT2D eigenvalue weighted by Gasteiger charge is 2.27. The minimum atomic E-state index is -0.757. The molecule has 0 spiro atoms. The van der Waals surface area contributed by atoms with Gasteiger partial charge in [-0.2, -0.15) is 0 Å². The molecular formula is C15H17Br2NO5. The number of amides is 1. The number of hydrogen-bond donors (Lipinski definition) is 1. The van der Waals surface area contributed by atoms with E-state index in [4.69, 9.17) is 9.47 Å². The average molecular weight is 451 g/mol. The molecule has 2 rings (SSSR count). The molecule has 0 saturated carbocycles. The Labute approximate surface area is 151 Å². The summed E-state index contributed by atoms with van der Waals surface area (Å²) in [7, 11) is 0. The predicted molar refractivity (Wildman–Crippen MR) is 90.4 cm³/mol. The Morgan fingerprint density at radius 2 is 1.91 bits per heavy atom.